The number of hydrogen-bond acceptors (Lipinski definition) is 6. The second-order valence-electron chi connectivity index (χ2n) is 9.83. The third-order valence-electron chi connectivity index (χ3n) is 7.08. The van der Waals surface area contributed by atoms with E-state index >= 15 is 0 Å². The van der Waals surface area contributed by atoms with Crippen molar-refractivity contribution in [1.82, 2.24) is 9.80 Å². The smallest absolute Gasteiger partial charge is 0.382 e. The molecule has 2 saturated heterocycles. The Balaban J connectivity index is 1.17. The quantitative estimate of drug-likeness (QED) is 0.309. The minimum atomic E-state index is -4.83. The lowest BCUT2D eigenvalue weighted by Crippen LogP contribution is -2.40. The number of halogens is 4. The summed E-state index contributed by atoms with van der Waals surface area (Å²) in [5.41, 5.74) is -1.06. The van der Waals surface area contributed by atoms with Gasteiger partial charge in [-0.1, -0.05) is 11.6 Å². The number of anilines is 2. The number of nitro benzene ring substituents is 1. The predicted octanol–water partition coefficient (Wildman–Crippen LogP) is 5.64. The normalized spacial score (nSPS) is 18.9. The second kappa shape index (κ2) is 12.2. The lowest BCUT2D eigenvalue weighted by Gasteiger charge is -2.33. The lowest BCUT2D eigenvalue weighted by atomic mass is 10.0. The SMILES string of the molecule is O=C(CCCN1CCC(Nc2ccc(Cl)cc2)CC1)N1CC[C@H](Nc2ccc([N+](=O)[O-])c(C(F)(F)F)c2)C1. The Morgan fingerprint density at radius 3 is 2.29 bits per heavy atom. The largest absolute Gasteiger partial charge is 0.423 e. The van der Waals surface area contributed by atoms with E-state index in [-0.39, 0.29) is 17.6 Å². The fourth-order valence-corrected chi connectivity index (χ4v) is 5.17. The molecule has 2 heterocycles. The third-order valence-corrected chi connectivity index (χ3v) is 7.33. The standard InChI is InChI=1S/C26H31ClF3N5O3/c27-18-3-5-19(6-4-18)31-20-9-13-33(14-10-20)12-1-2-25(36)34-15-11-22(17-34)32-21-7-8-24(35(37)38)23(16-21)26(28,29)30/h3-8,16,20,22,31-32H,1-2,9-15,17H2/t22-/m0/s1. The molecule has 0 bridgehead atoms. The average molecular weight is 554 g/mol. The summed E-state index contributed by atoms with van der Waals surface area (Å²) in [6.45, 7) is 3.68. The highest BCUT2D eigenvalue weighted by atomic mass is 35.5. The summed E-state index contributed by atoms with van der Waals surface area (Å²) in [5.74, 6) is 0.0354. The molecule has 1 atom stereocenters. The highest BCUT2D eigenvalue weighted by molar-refractivity contribution is 6.30. The Bertz CT molecular complexity index is 1120. The van der Waals surface area contributed by atoms with Gasteiger partial charge in [-0.3, -0.25) is 14.9 Å². The highest BCUT2D eigenvalue weighted by Gasteiger charge is 2.38. The Morgan fingerprint density at radius 2 is 1.63 bits per heavy atom. The van der Waals surface area contributed by atoms with E-state index in [9.17, 15) is 28.1 Å². The van der Waals surface area contributed by atoms with Gasteiger partial charge in [0.15, 0.2) is 0 Å². The number of likely N-dealkylation sites (tertiary alicyclic amines) is 2. The summed E-state index contributed by atoms with van der Waals surface area (Å²) < 4.78 is 39.7. The molecular formula is C26H31ClF3N5O3. The van der Waals surface area contributed by atoms with Crippen LogP contribution >= 0.6 is 11.6 Å². The Labute approximate surface area is 224 Å². The predicted molar refractivity (Wildman–Crippen MR) is 140 cm³/mol. The number of benzene rings is 2. The van der Waals surface area contributed by atoms with Gasteiger partial charge in [0, 0.05) is 67.1 Å². The lowest BCUT2D eigenvalue weighted by molar-refractivity contribution is -0.388. The maximum Gasteiger partial charge on any atom is 0.423 e. The number of amides is 1. The molecule has 206 valence electrons. The number of carbonyl (C=O) groups is 1. The number of carbonyl (C=O) groups excluding carboxylic acids is 1. The van der Waals surface area contributed by atoms with Crippen molar-refractivity contribution < 1.29 is 22.9 Å². The molecule has 1 amide bonds. The maximum absolute atomic E-state index is 13.2. The summed E-state index contributed by atoms with van der Waals surface area (Å²) in [6, 6.07) is 10.8. The summed E-state index contributed by atoms with van der Waals surface area (Å²) >= 11 is 5.94. The van der Waals surface area contributed by atoms with Crippen LogP contribution in [0.25, 0.3) is 0 Å². The van der Waals surface area contributed by atoms with Crippen molar-refractivity contribution in [3.63, 3.8) is 0 Å². The zero-order valence-electron chi connectivity index (χ0n) is 20.8. The van der Waals surface area contributed by atoms with Gasteiger partial charge in [0.05, 0.1) is 4.92 Å². The van der Waals surface area contributed by atoms with Crippen LogP contribution < -0.4 is 10.6 Å². The summed E-state index contributed by atoms with van der Waals surface area (Å²) in [6.07, 6.45) is -1.02. The van der Waals surface area contributed by atoms with Gasteiger partial charge >= 0.3 is 6.18 Å². The fourth-order valence-electron chi connectivity index (χ4n) is 5.05. The Kier molecular flexibility index (Phi) is 8.99. The molecule has 2 aliphatic rings. The van der Waals surface area contributed by atoms with Gasteiger partial charge < -0.3 is 20.4 Å². The minimum absolute atomic E-state index is 0.0354. The van der Waals surface area contributed by atoms with Crippen LogP contribution in [0.5, 0.6) is 0 Å². The molecule has 4 rings (SSSR count). The van der Waals surface area contributed by atoms with E-state index in [2.05, 4.69) is 15.5 Å². The van der Waals surface area contributed by atoms with E-state index < -0.39 is 22.4 Å². The number of alkyl halides is 3. The van der Waals surface area contributed by atoms with Crippen LogP contribution in [-0.2, 0) is 11.0 Å². The summed E-state index contributed by atoms with van der Waals surface area (Å²) in [7, 11) is 0. The molecule has 0 aromatic heterocycles. The maximum atomic E-state index is 13.2. The van der Waals surface area contributed by atoms with E-state index in [0.29, 0.717) is 37.0 Å². The molecule has 0 saturated carbocycles. The van der Waals surface area contributed by atoms with Crippen LogP contribution in [0.2, 0.25) is 5.02 Å². The van der Waals surface area contributed by atoms with Gasteiger partial charge in [0.25, 0.3) is 5.69 Å². The number of nitrogens with zero attached hydrogens (tertiary/aromatic N) is 3. The van der Waals surface area contributed by atoms with Crippen molar-refractivity contribution in [3.8, 4) is 0 Å². The molecule has 2 fully saturated rings. The Morgan fingerprint density at radius 1 is 1.00 bits per heavy atom. The average Bonchev–Trinajstić information content (AvgIpc) is 3.34. The van der Waals surface area contributed by atoms with Gasteiger partial charge in [-0.05, 0) is 68.6 Å². The number of nitrogens with one attached hydrogen (secondary N) is 2. The Hall–Kier alpha value is -3.05. The summed E-state index contributed by atoms with van der Waals surface area (Å²) in [4.78, 5) is 26.7. The topological polar surface area (TPSA) is 90.8 Å². The fraction of sp³-hybridized carbons (Fsp3) is 0.500. The van der Waals surface area contributed by atoms with Crippen LogP contribution in [0.15, 0.2) is 42.5 Å². The zero-order chi connectivity index (χ0) is 27.3. The van der Waals surface area contributed by atoms with Crippen LogP contribution in [0, 0.1) is 10.1 Å². The van der Waals surface area contributed by atoms with Crippen molar-refractivity contribution in [2.75, 3.05) is 43.4 Å². The monoisotopic (exact) mass is 553 g/mol. The molecule has 12 heteroatoms. The van der Waals surface area contributed by atoms with Gasteiger partial charge in [-0.15, -0.1) is 0 Å². The number of rotatable bonds is 9. The first kappa shape index (κ1) is 28.0. The van der Waals surface area contributed by atoms with Crippen molar-refractivity contribution in [3.05, 3.63) is 63.2 Å². The molecule has 0 radical (unpaired) electrons. The third kappa shape index (κ3) is 7.50. The van der Waals surface area contributed by atoms with Crippen LogP contribution in [0.4, 0.5) is 30.2 Å². The first-order valence-electron chi connectivity index (χ1n) is 12.7. The first-order chi connectivity index (χ1) is 18.1. The van der Waals surface area contributed by atoms with Gasteiger partial charge in [0.1, 0.15) is 5.56 Å². The molecule has 2 aliphatic heterocycles. The van der Waals surface area contributed by atoms with Gasteiger partial charge in [-0.2, -0.15) is 13.2 Å². The molecule has 38 heavy (non-hydrogen) atoms. The number of nitro groups is 1. The molecule has 8 nitrogen and oxygen atoms in total. The highest BCUT2D eigenvalue weighted by Crippen LogP contribution is 2.38. The van der Waals surface area contributed by atoms with E-state index in [1.807, 2.05) is 24.3 Å². The number of hydrogen-bond donors (Lipinski definition) is 2. The van der Waals surface area contributed by atoms with Gasteiger partial charge in [0.2, 0.25) is 5.91 Å². The van der Waals surface area contributed by atoms with E-state index in [4.69, 9.17) is 11.6 Å². The minimum Gasteiger partial charge on any atom is -0.382 e. The van der Waals surface area contributed by atoms with Crippen molar-refractivity contribution in [2.45, 2.75) is 50.4 Å². The van der Waals surface area contributed by atoms with Crippen molar-refractivity contribution >= 4 is 34.6 Å². The van der Waals surface area contributed by atoms with E-state index in [1.54, 1.807) is 4.90 Å². The summed E-state index contributed by atoms with van der Waals surface area (Å²) in [5, 5.41) is 18.2. The van der Waals surface area contributed by atoms with Gasteiger partial charge in [-0.25, -0.2) is 0 Å². The molecule has 0 unspecified atom stereocenters. The molecule has 0 aliphatic carbocycles. The first-order valence-corrected chi connectivity index (χ1v) is 13.1. The van der Waals surface area contributed by atoms with E-state index in [1.165, 1.54) is 6.07 Å². The van der Waals surface area contributed by atoms with Crippen molar-refractivity contribution in [2.24, 2.45) is 0 Å². The van der Waals surface area contributed by atoms with Crippen molar-refractivity contribution in [1.29, 1.82) is 0 Å². The molecule has 2 N–H and O–H groups in total. The second-order valence-corrected chi connectivity index (χ2v) is 10.3. The molecular weight excluding hydrogens is 523 g/mol. The molecule has 0 spiro atoms. The van der Waals surface area contributed by atoms with E-state index in [0.717, 1.165) is 56.7 Å². The van der Waals surface area contributed by atoms with Crippen LogP contribution in [-0.4, -0.2) is 65.4 Å². The molecule has 2 aromatic carbocycles. The van der Waals surface area contributed by atoms with Crippen LogP contribution in [0.1, 0.15) is 37.7 Å². The van der Waals surface area contributed by atoms with Crippen LogP contribution in [0.3, 0.4) is 0 Å². The zero-order valence-corrected chi connectivity index (χ0v) is 21.6. The number of piperidine rings is 1. The molecule has 2 aromatic rings.